The van der Waals surface area contributed by atoms with Crippen LogP contribution in [0.3, 0.4) is 0 Å². The summed E-state index contributed by atoms with van der Waals surface area (Å²) in [5.41, 5.74) is 2.65. The molecule has 0 bridgehead atoms. The minimum atomic E-state index is 0.816. The van der Waals surface area contributed by atoms with E-state index in [1.54, 1.807) is 6.08 Å². The van der Waals surface area contributed by atoms with Crippen LogP contribution in [0, 0.1) is 0 Å². The first-order valence-corrected chi connectivity index (χ1v) is 4.10. The molecule has 0 aliphatic carbocycles. The molecule has 0 atom stereocenters. The van der Waals surface area contributed by atoms with E-state index in [9.17, 15) is 0 Å². The summed E-state index contributed by atoms with van der Waals surface area (Å²) in [5.74, 6) is 0. The van der Waals surface area contributed by atoms with Crippen molar-refractivity contribution in [1.29, 1.82) is 0 Å². The van der Waals surface area contributed by atoms with Crippen LogP contribution in [0.2, 0.25) is 0 Å². The molecule has 0 fully saturated rings. The van der Waals surface area contributed by atoms with E-state index >= 15 is 0 Å². The minimum absolute atomic E-state index is 0.816. The summed E-state index contributed by atoms with van der Waals surface area (Å²) in [5, 5.41) is 3.04. The highest BCUT2D eigenvalue weighted by Gasteiger charge is 1.97. The third-order valence-corrected chi connectivity index (χ3v) is 1.33. The van der Waals surface area contributed by atoms with E-state index in [0.717, 1.165) is 17.0 Å². The first-order chi connectivity index (χ1) is 5.97. The second-order valence-corrected chi connectivity index (χ2v) is 3.14. The Morgan fingerprint density at radius 3 is 2.15 bits per heavy atom. The molecule has 0 heterocycles. The zero-order valence-electron chi connectivity index (χ0n) is 8.72. The van der Waals surface area contributed by atoms with Crippen LogP contribution in [-0.4, -0.2) is 19.0 Å². The maximum absolute atomic E-state index is 3.88. The first-order valence-electron chi connectivity index (χ1n) is 4.10. The van der Waals surface area contributed by atoms with Gasteiger partial charge in [-0.25, -0.2) is 0 Å². The Balaban J connectivity index is 4.50. The van der Waals surface area contributed by atoms with E-state index in [1.165, 1.54) is 0 Å². The summed E-state index contributed by atoms with van der Waals surface area (Å²) in [6.45, 7) is 13.2. The van der Waals surface area contributed by atoms with Crippen LogP contribution >= 0.6 is 0 Å². The van der Waals surface area contributed by atoms with Gasteiger partial charge in [-0.2, -0.15) is 0 Å². The fraction of sp³-hybridized carbons (Fsp3) is 0.273. The fourth-order valence-electron chi connectivity index (χ4n) is 0.862. The van der Waals surface area contributed by atoms with Crippen LogP contribution in [-0.2, 0) is 0 Å². The molecule has 2 nitrogen and oxygen atoms in total. The normalized spacial score (nSPS) is 10.5. The summed E-state index contributed by atoms with van der Waals surface area (Å²) in [6.07, 6.45) is 3.71. The summed E-state index contributed by atoms with van der Waals surface area (Å²) < 4.78 is 0. The van der Waals surface area contributed by atoms with Gasteiger partial charge in [0.1, 0.15) is 0 Å². The van der Waals surface area contributed by atoms with Crippen molar-refractivity contribution < 1.29 is 0 Å². The van der Waals surface area contributed by atoms with Crippen molar-refractivity contribution in [2.24, 2.45) is 0 Å². The molecule has 2 heteroatoms. The van der Waals surface area contributed by atoms with E-state index in [2.05, 4.69) is 25.1 Å². The van der Waals surface area contributed by atoms with Crippen molar-refractivity contribution in [3.8, 4) is 0 Å². The van der Waals surface area contributed by atoms with Crippen molar-refractivity contribution in [2.75, 3.05) is 14.1 Å². The van der Waals surface area contributed by atoms with E-state index in [4.69, 9.17) is 0 Å². The van der Waals surface area contributed by atoms with Crippen molar-refractivity contribution in [2.45, 2.75) is 6.92 Å². The lowest BCUT2D eigenvalue weighted by molar-refractivity contribution is 0.560. The van der Waals surface area contributed by atoms with Gasteiger partial charge in [0.25, 0.3) is 0 Å². The van der Waals surface area contributed by atoms with E-state index in [1.807, 2.05) is 32.1 Å². The Bertz CT molecular complexity index is 247. The molecule has 0 aromatic carbocycles. The number of hydrogen-bond acceptors (Lipinski definition) is 2. The molecule has 0 rings (SSSR count). The number of allylic oxidation sites excluding steroid dienone is 2. The molecule has 0 saturated heterocycles. The predicted molar refractivity (Wildman–Crippen MR) is 59.1 cm³/mol. The summed E-state index contributed by atoms with van der Waals surface area (Å²) in [6, 6.07) is 0. The van der Waals surface area contributed by atoms with Crippen LogP contribution in [0.15, 0.2) is 49.0 Å². The van der Waals surface area contributed by atoms with Crippen LogP contribution in [0.25, 0.3) is 0 Å². The second-order valence-electron chi connectivity index (χ2n) is 3.14. The van der Waals surface area contributed by atoms with E-state index < -0.39 is 0 Å². The van der Waals surface area contributed by atoms with Gasteiger partial charge in [-0.15, -0.1) is 0 Å². The molecule has 0 aliphatic rings. The average Bonchev–Trinajstić information content (AvgIpc) is 1.98. The number of rotatable bonds is 5. The van der Waals surface area contributed by atoms with Crippen molar-refractivity contribution in [3.05, 3.63) is 49.0 Å². The monoisotopic (exact) mass is 178 g/mol. The number of nitrogens with one attached hydrogen (secondary N) is 1. The van der Waals surface area contributed by atoms with Crippen LogP contribution in [0.5, 0.6) is 0 Å². The van der Waals surface area contributed by atoms with Crippen LogP contribution in [0.1, 0.15) is 6.92 Å². The lowest BCUT2D eigenvalue weighted by Gasteiger charge is -2.12. The highest BCUT2D eigenvalue weighted by atomic mass is 15.0. The molecule has 0 amide bonds. The highest BCUT2D eigenvalue weighted by molar-refractivity contribution is 5.36. The topological polar surface area (TPSA) is 15.3 Å². The largest absolute Gasteiger partial charge is 0.383 e. The summed E-state index contributed by atoms with van der Waals surface area (Å²) in [4.78, 5) is 1.95. The molecule has 1 N–H and O–H groups in total. The zero-order chi connectivity index (χ0) is 10.4. The Hall–Kier alpha value is -1.44. The van der Waals surface area contributed by atoms with Crippen molar-refractivity contribution >= 4 is 0 Å². The van der Waals surface area contributed by atoms with Gasteiger partial charge in [-0.3, -0.25) is 0 Å². The average molecular weight is 178 g/mol. The molecule has 0 spiro atoms. The molecule has 0 radical (unpaired) electrons. The molecule has 0 aromatic heterocycles. The maximum atomic E-state index is 3.88. The van der Waals surface area contributed by atoms with Gasteiger partial charge < -0.3 is 10.2 Å². The Morgan fingerprint density at radius 1 is 1.31 bits per heavy atom. The third kappa shape index (κ3) is 4.90. The lowest BCUT2D eigenvalue weighted by atomic mass is 10.2. The molecule has 0 aromatic rings. The predicted octanol–water partition coefficient (Wildman–Crippen LogP) is 2.25. The molecule has 0 saturated carbocycles. The first kappa shape index (κ1) is 11.6. The van der Waals surface area contributed by atoms with Crippen LogP contribution < -0.4 is 5.32 Å². The molecular formula is C11H18N2. The van der Waals surface area contributed by atoms with Gasteiger partial charge in [0.15, 0.2) is 0 Å². The molecule has 0 aliphatic heterocycles. The third-order valence-electron chi connectivity index (χ3n) is 1.33. The number of nitrogens with zero attached hydrogens (tertiary/aromatic N) is 1. The van der Waals surface area contributed by atoms with Crippen molar-refractivity contribution in [3.63, 3.8) is 0 Å². The van der Waals surface area contributed by atoms with Gasteiger partial charge in [0.05, 0.1) is 0 Å². The highest BCUT2D eigenvalue weighted by Crippen LogP contribution is 2.07. The van der Waals surface area contributed by atoms with Gasteiger partial charge in [-0.05, 0) is 6.92 Å². The van der Waals surface area contributed by atoms with E-state index in [0.29, 0.717) is 0 Å². The van der Waals surface area contributed by atoms with Gasteiger partial charge in [0.2, 0.25) is 0 Å². The standard InChI is InChI=1S/C11H18N2/c1-7-11(8-13(5)6)10(4)12-9(2)3/h7-8,12H,1-2,4H2,3,5-6H3/b11-8+. The lowest BCUT2D eigenvalue weighted by Crippen LogP contribution is -2.12. The zero-order valence-corrected chi connectivity index (χ0v) is 8.72. The van der Waals surface area contributed by atoms with Crippen molar-refractivity contribution in [1.82, 2.24) is 10.2 Å². The maximum Gasteiger partial charge on any atom is 0.0396 e. The number of hydrogen-bond donors (Lipinski definition) is 1. The SMILES string of the molecule is C=C/C(=C\N(C)C)C(=C)NC(=C)C. The fourth-order valence-corrected chi connectivity index (χ4v) is 0.862. The molecule has 13 heavy (non-hydrogen) atoms. The van der Waals surface area contributed by atoms with Crippen LogP contribution in [0.4, 0.5) is 0 Å². The molecule has 72 valence electrons. The second kappa shape index (κ2) is 5.25. The van der Waals surface area contributed by atoms with Gasteiger partial charge in [-0.1, -0.05) is 25.8 Å². The summed E-state index contributed by atoms with van der Waals surface area (Å²) in [7, 11) is 3.91. The quantitative estimate of drug-likeness (QED) is 0.650. The summed E-state index contributed by atoms with van der Waals surface area (Å²) >= 11 is 0. The molecule has 0 unspecified atom stereocenters. The molecular weight excluding hydrogens is 160 g/mol. The van der Waals surface area contributed by atoms with E-state index in [-0.39, 0.29) is 0 Å². The smallest absolute Gasteiger partial charge is 0.0396 e. The minimum Gasteiger partial charge on any atom is -0.383 e. The van der Waals surface area contributed by atoms with Gasteiger partial charge in [0, 0.05) is 37.3 Å². The Morgan fingerprint density at radius 2 is 1.85 bits per heavy atom. The Kier molecular flexibility index (Phi) is 4.67. The Labute approximate surface area is 80.9 Å². The van der Waals surface area contributed by atoms with Gasteiger partial charge >= 0.3 is 0 Å².